The smallest absolute Gasteiger partial charge is 0.276 e. The number of para-hydroxylation sites is 1. The van der Waals surface area contributed by atoms with Gasteiger partial charge in [0.15, 0.2) is 6.61 Å². The van der Waals surface area contributed by atoms with Crippen molar-refractivity contribution in [2.24, 2.45) is 0 Å². The molecule has 144 valence electrons. The van der Waals surface area contributed by atoms with Gasteiger partial charge in [-0.05, 0) is 41.5 Å². The third-order valence-corrected chi connectivity index (χ3v) is 4.25. The maximum Gasteiger partial charge on any atom is 0.276 e. The molecule has 0 bridgehead atoms. The Balaban J connectivity index is 1.70. The summed E-state index contributed by atoms with van der Waals surface area (Å²) in [5.74, 6) is 0.0120. The molecular weight excluding hydrogens is 340 g/mol. The van der Waals surface area contributed by atoms with Crippen LogP contribution in [0.4, 0.5) is 0 Å². The van der Waals surface area contributed by atoms with Crippen LogP contribution in [-0.4, -0.2) is 18.4 Å². The fourth-order valence-corrected chi connectivity index (χ4v) is 2.53. The predicted octanol–water partition coefficient (Wildman–Crippen LogP) is 3.45. The largest absolute Gasteiger partial charge is 0.483 e. The van der Waals surface area contributed by atoms with Crippen molar-refractivity contribution in [1.29, 1.82) is 0 Å². The summed E-state index contributed by atoms with van der Waals surface area (Å²) in [4.78, 5) is 23.7. The second-order valence-electron chi connectivity index (χ2n) is 7.60. The minimum Gasteiger partial charge on any atom is -0.483 e. The Morgan fingerprint density at radius 1 is 0.926 bits per heavy atom. The van der Waals surface area contributed by atoms with Crippen LogP contribution in [0, 0.1) is 6.92 Å². The van der Waals surface area contributed by atoms with Gasteiger partial charge < -0.3 is 4.74 Å². The lowest BCUT2D eigenvalue weighted by Gasteiger charge is -2.19. The summed E-state index contributed by atoms with van der Waals surface area (Å²) in [6.45, 7) is 8.26. The molecule has 0 aliphatic rings. The lowest BCUT2D eigenvalue weighted by molar-refractivity contribution is -0.130. The highest BCUT2D eigenvalue weighted by Gasteiger charge is 2.13. The molecule has 2 aromatic rings. The van der Waals surface area contributed by atoms with Gasteiger partial charge in [-0.3, -0.25) is 20.4 Å². The summed E-state index contributed by atoms with van der Waals surface area (Å²) in [6, 6.07) is 15.7. The van der Waals surface area contributed by atoms with Crippen molar-refractivity contribution < 1.29 is 14.3 Å². The number of aryl methyl sites for hydroxylation is 2. The van der Waals surface area contributed by atoms with Crippen LogP contribution in [0.5, 0.6) is 5.75 Å². The van der Waals surface area contributed by atoms with Crippen molar-refractivity contribution >= 4 is 11.8 Å². The van der Waals surface area contributed by atoms with E-state index in [0.29, 0.717) is 18.6 Å². The van der Waals surface area contributed by atoms with E-state index in [0.717, 1.165) is 11.1 Å². The SMILES string of the molecule is Cc1ccccc1OCC(=O)NNC(=O)CCc1ccc(C(C)(C)C)cc1. The van der Waals surface area contributed by atoms with Crippen LogP contribution in [-0.2, 0) is 21.4 Å². The first-order valence-electron chi connectivity index (χ1n) is 9.11. The number of hydrogen-bond donors (Lipinski definition) is 2. The summed E-state index contributed by atoms with van der Waals surface area (Å²) in [7, 11) is 0. The molecule has 0 aliphatic carbocycles. The van der Waals surface area contributed by atoms with Gasteiger partial charge in [-0.1, -0.05) is 63.2 Å². The van der Waals surface area contributed by atoms with Crippen molar-refractivity contribution in [3.05, 3.63) is 65.2 Å². The van der Waals surface area contributed by atoms with Gasteiger partial charge in [0.25, 0.3) is 5.91 Å². The minimum absolute atomic E-state index is 0.112. The summed E-state index contributed by atoms with van der Waals surface area (Å²) in [5, 5.41) is 0. The van der Waals surface area contributed by atoms with Crippen LogP contribution >= 0.6 is 0 Å². The standard InChI is InChI=1S/C22H28N2O3/c1-16-7-5-6-8-19(16)27-15-21(26)24-23-20(25)14-11-17-9-12-18(13-10-17)22(2,3)4/h5-10,12-13H,11,14-15H2,1-4H3,(H,23,25)(H,24,26). The lowest BCUT2D eigenvalue weighted by atomic mass is 9.86. The van der Waals surface area contributed by atoms with Crippen molar-refractivity contribution in [3.63, 3.8) is 0 Å². The van der Waals surface area contributed by atoms with E-state index in [1.54, 1.807) is 6.07 Å². The molecule has 2 aromatic carbocycles. The number of rotatable bonds is 6. The molecule has 0 saturated carbocycles. The Labute approximate surface area is 161 Å². The van der Waals surface area contributed by atoms with Gasteiger partial charge >= 0.3 is 0 Å². The number of carbonyl (C=O) groups excluding carboxylic acids is 2. The third-order valence-electron chi connectivity index (χ3n) is 4.25. The maximum atomic E-state index is 11.9. The van der Waals surface area contributed by atoms with E-state index in [2.05, 4.69) is 43.8 Å². The Morgan fingerprint density at radius 3 is 2.19 bits per heavy atom. The first-order valence-corrected chi connectivity index (χ1v) is 9.11. The Bertz CT molecular complexity index is 777. The fourth-order valence-electron chi connectivity index (χ4n) is 2.53. The maximum absolute atomic E-state index is 11.9. The molecule has 2 N–H and O–H groups in total. The molecule has 0 radical (unpaired) electrons. The molecule has 0 fully saturated rings. The van der Waals surface area contributed by atoms with Gasteiger partial charge in [0.2, 0.25) is 5.91 Å². The highest BCUT2D eigenvalue weighted by molar-refractivity contribution is 5.82. The number of benzene rings is 2. The van der Waals surface area contributed by atoms with Crippen LogP contribution in [0.15, 0.2) is 48.5 Å². The van der Waals surface area contributed by atoms with Crippen LogP contribution in [0.25, 0.3) is 0 Å². The van der Waals surface area contributed by atoms with Crippen LogP contribution in [0.1, 0.15) is 43.9 Å². The molecule has 0 spiro atoms. The second kappa shape index (κ2) is 9.21. The Kier molecular flexibility index (Phi) is 6.99. The number of amides is 2. The van der Waals surface area contributed by atoms with Gasteiger partial charge in [-0.15, -0.1) is 0 Å². The van der Waals surface area contributed by atoms with E-state index in [1.807, 2.05) is 37.3 Å². The molecule has 2 rings (SSSR count). The number of carbonyl (C=O) groups is 2. The summed E-state index contributed by atoms with van der Waals surface area (Å²) >= 11 is 0. The van der Waals surface area contributed by atoms with Gasteiger partial charge in [-0.25, -0.2) is 0 Å². The van der Waals surface area contributed by atoms with E-state index >= 15 is 0 Å². The second-order valence-corrected chi connectivity index (χ2v) is 7.60. The molecule has 0 saturated heterocycles. The fraction of sp³-hybridized carbons (Fsp3) is 0.364. The molecule has 0 heterocycles. The number of hydrogen-bond acceptors (Lipinski definition) is 3. The zero-order chi connectivity index (χ0) is 19.9. The zero-order valence-corrected chi connectivity index (χ0v) is 16.5. The third kappa shape index (κ3) is 6.77. The number of hydrazine groups is 1. The topological polar surface area (TPSA) is 67.4 Å². The van der Waals surface area contributed by atoms with Crippen molar-refractivity contribution in [3.8, 4) is 5.75 Å². The van der Waals surface area contributed by atoms with Gasteiger partial charge in [0.1, 0.15) is 5.75 Å². The number of ether oxygens (including phenoxy) is 1. The average molecular weight is 368 g/mol. The molecular formula is C22H28N2O3. The van der Waals surface area contributed by atoms with E-state index in [9.17, 15) is 9.59 Å². The monoisotopic (exact) mass is 368 g/mol. The van der Waals surface area contributed by atoms with Crippen molar-refractivity contribution in [2.75, 3.05) is 6.61 Å². The molecule has 5 nitrogen and oxygen atoms in total. The zero-order valence-electron chi connectivity index (χ0n) is 16.5. The quantitative estimate of drug-likeness (QED) is 0.768. The Morgan fingerprint density at radius 2 is 1.56 bits per heavy atom. The molecule has 0 aromatic heterocycles. The van der Waals surface area contributed by atoms with Crippen molar-refractivity contribution in [2.45, 2.75) is 46.0 Å². The summed E-state index contributed by atoms with van der Waals surface area (Å²) in [5.41, 5.74) is 8.21. The highest BCUT2D eigenvalue weighted by Crippen LogP contribution is 2.22. The van der Waals surface area contributed by atoms with Crippen LogP contribution < -0.4 is 15.6 Å². The average Bonchev–Trinajstić information content (AvgIpc) is 2.63. The van der Waals surface area contributed by atoms with Crippen molar-refractivity contribution in [1.82, 2.24) is 10.9 Å². The number of nitrogens with one attached hydrogen (secondary N) is 2. The lowest BCUT2D eigenvalue weighted by Crippen LogP contribution is -2.43. The molecule has 27 heavy (non-hydrogen) atoms. The van der Waals surface area contributed by atoms with E-state index < -0.39 is 5.91 Å². The van der Waals surface area contributed by atoms with Gasteiger partial charge in [0, 0.05) is 6.42 Å². The molecule has 5 heteroatoms. The normalized spacial score (nSPS) is 11.0. The van der Waals surface area contributed by atoms with Gasteiger partial charge in [-0.2, -0.15) is 0 Å². The summed E-state index contributed by atoms with van der Waals surface area (Å²) in [6.07, 6.45) is 0.916. The minimum atomic E-state index is -0.402. The van der Waals surface area contributed by atoms with Gasteiger partial charge in [0.05, 0.1) is 0 Å². The Hall–Kier alpha value is -2.82. The molecule has 0 atom stereocenters. The first kappa shape index (κ1) is 20.5. The molecule has 0 aliphatic heterocycles. The van der Waals surface area contributed by atoms with E-state index in [4.69, 9.17) is 4.74 Å². The van der Waals surface area contributed by atoms with E-state index in [1.165, 1.54) is 5.56 Å². The first-order chi connectivity index (χ1) is 12.8. The predicted molar refractivity (Wildman–Crippen MR) is 106 cm³/mol. The molecule has 0 unspecified atom stereocenters. The highest BCUT2D eigenvalue weighted by atomic mass is 16.5. The van der Waals surface area contributed by atoms with Crippen LogP contribution in [0.3, 0.4) is 0 Å². The van der Waals surface area contributed by atoms with E-state index in [-0.39, 0.29) is 17.9 Å². The molecule has 2 amide bonds. The van der Waals surface area contributed by atoms with Crippen LogP contribution in [0.2, 0.25) is 0 Å². The summed E-state index contributed by atoms with van der Waals surface area (Å²) < 4.78 is 5.44.